The van der Waals surface area contributed by atoms with Crippen LogP contribution < -0.4 is 5.32 Å². The molecule has 1 aliphatic carbocycles. The van der Waals surface area contributed by atoms with Crippen molar-refractivity contribution in [2.75, 3.05) is 5.32 Å². The van der Waals surface area contributed by atoms with E-state index in [0.717, 1.165) is 4.88 Å². The van der Waals surface area contributed by atoms with E-state index in [1.54, 1.807) is 6.92 Å². The van der Waals surface area contributed by atoms with Gasteiger partial charge in [0.25, 0.3) is 5.91 Å². The first-order chi connectivity index (χ1) is 13.4. The van der Waals surface area contributed by atoms with Crippen molar-refractivity contribution in [3.63, 3.8) is 0 Å². The molecule has 0 radical (unpaired) electrons. The summed E-state index contributed by atoms with van der Waals surface area (Å²) in [6.07, 6.45) is -3.20. The van der Waals surface area contributed by atoms with Crippen LogP contribution in [0.15, 0.2) is 33.9 Å². The number of halogens is 2. The van der Waals surface area contributed by atoms with Crippen molar-refractivity contribution in [3.05, 3.63) is 46.4 Å². The average Bonchev–Trinajstić information content (AvgIpc) is 3.39. The highest BCUT2D eigenvalue weighted by Gasteiger charge is 2.51. The second-order valence-corrected chi connectivity index (χ2v) is 7.28. The number of fused-ring (bicyclic) bond motifs is 2. The maximum atomic E-state index is 13.3. The summed E-state index contributed by atoms with van der Waals surface area (Å²) in [6, 6.07) is 5.25. The molecule has 1 fully saturated rings. The number of imidazole rings is 1. The number of aromatic amines is 1. The number of carbonyl (C=O) groups is 1. The molecule has 2 aliphatic rings. The number of amides is 1. The molecule has 0 bridgehead atoms. The smallest absolute Gasteiger partial charge is 0.411 e. The number of hydrogen-bond donors (Lipinski definition) is 2. The number of aromatic nitrogens is 3. The predicted octanol–water partition coefficient (Wildman–Crippen LogP) is 3.80. The number of carbonyl (C=O) groups excluding carboxylic acids is 1. The van der Waals surface area contributed by atoms with E-state index >= 15 is 0 Å². The fourth-order valence-corrected chi connectivity index (χ4v) is 3.85. The van der Waals surface area contributed by atoms with Gasteiger partial charge in [-0.1, -0.05) is 18.1 Å². The molecule has 1 amide bonds. The van der Waals surface area contributed by atoms with Crippen molar-refractivity contribution in [3.8, 4) is 10.6 Å². The van der Waals surface area contributed by atoms with E-state index in [9.17, 15) is 13.6 Å². The second-order valence-electron chi connectivity index (χ2n) is 6.33. The third kappa shape index (κ3) is 2.79. The summed E-state index contributed by atoms with van der Waals surface area (Å²) in [4.78, 5) is 20.4. The van der Waals surface area contributed by atoms with Crippen LogP contribution in [-0.4, -0.2) is 33.4 Å². The number of H-pyrrole nitrogens is 1. The first-order valence-corrected chi connectivity index (χ1v) is 9.16. The first-order valence-electron chi connectivity index (χ1n) is 8.28. The molecule has 0 aromatic carbocycles. The summed E-state index contributed by atoms with van der Waals surface area (Å²) in [5.74, 6) is -0.325. The van der Waals surface area contributed by atoms with Crippen molar-refractivity contribution >= 4 is 29.3 Å². The number of rotatable bonds is 3. The average molecular weight is 406 g/mol. The lowest BCUT2D eigenvalue weighted by atomic mass is 9.93. The summed E-state index contributed by atoms with van der Waals surface area (Å²) in [5, 5.41) is 8.25. The molecule has 4 heterocycles. The zero-order chi connectivity index (χ0) is 19.5. The largest absolute Gasteiger partial charge is 0.535 e. The minimum absolute atomic E-state index is 0.00599. The number of hydrogen-bond acceptors (Lipinski definition) is 7. The molecule has 0 spiro atoms. The Labute approximate surface area is 160 Å². The number of nitrogens with zero attached hydrogens (tertiary/aromatic N) is 2. The van der Waals surface area contributed by atoms with Crippen LogP contribution in [-0.2, 0) is 9.47 Å². The number of anilines is 1. The van der Waals surface area contributed by atoms with Gasteiger partial charge in [0.1, 0.15) is 11.9 Å². The number of alkyl halides is 2. The van der Waals surface area contributed by atoms with Gasteiger partial charge in [0.15, 0.2) is 11.5 Å². The molecule has 2 atom stereocenters. The lowest BCUT2D eigenvalue weighted by Crippen LogP contribution is -2.24. The zero-order valence-electron chi connectivity index (χ0n) is 14.2. The Hall–Kier alpha value is -3.05. The Morgan fingerprint density at radius 1 is 1.43 bits per heavy atom. The molecular formula is C17H12F2N4O4S. The van der Waals surface area contributed by atoms with Gasteiger partial charge >= 0.3 is 6.29 Å². The maximum Gasteiger partial charge on any atom is 0.535 e. The van der Waals surface area contributed by atoms with Crippen LogP contribution in [0.4, 0.5) is 14.7 Å². The summed E-state index contributed by atoms with van der Waals surface area (Å²) in [5.41, 5.74) is 1.05. The van der Waals surface area contributed by atoms with E-state index in [-0.39, 0.29) is 17.4 Å². The molecule has 5 rings (SSSR count). The minimum Gasteiger partial charge on any atom is -0.411 e. The van der Waals surface area contributed by atoms with Gasteiger partial charge in [-0.2, -0.15) is 0 Å². The Balaban J connectivity index is 1.36. The quantitative estimate of drug-likeness (QED) is 0.686. The van der Waals surface area contributed by atoms with Crippen molar-refractivity contribution in [1.29, 1.82) is 0 Å². The molecule has 8 nitrogen and oxygen atoms in total. The highest BCUT2D eigenvalue weighted by molar-refractivity contribution is 7.13. The minimum atomic E-state index is -3.65. The summed E-state index contributed by atoms with van der Waals surface area (Å²) in [6.45, 7) is 1.70. The van der Waals surface area contributed by atoms with E-state index in [1.807, 2.05) is 17.5 Å². The number of nitrogens with one attached hydrogen (secondary N) is 2. The van der Waals surface area contributed by atoms with Gasteiger partial charge in [0, 0.05) is 23.8 Å². The van der Waals surface area contributed by atoms with Crippen LogP contribution in [0, 0.1) is 0 Å². The number of thiophene rings is 1. The lowest BCUT2D eigenvalue weighted by molar-refractivity contribution is -0.342. The van der Waals surface area contributed by atoms with Crippen molar-refractivity contribution in [2.45, 2.75) is 25.2 Å². The summed E-state index contributed by atoms with van der Waals surface area (Å²) >= 11 is 1.46. The van der Waals surface area contributed by atoms with E-state index in [2.05, 4.69) is 29.9 Å². The molecule has 144 valence electrons. The topological polar surface area (TPSA) is 102 Å². The third-order valence-corrected chi connectivity index (χ3v) is 5.35. The van der Waals surface area contributed by atoms with Gasteiger partial charge < -0.3 is 14.2 Å². The second kappa shape index (κ2) is 5.97. The third-order valence-electron chi connectivity index (χ3n) is 4.47. The van der Waals surface area contributed by atoms with Crippen LogP contribution in [0.3, 0.4) is 0 Å². The Morgan fingerprint density at radius 3 is 3.07 bits per heavy atom. The summed E-state index contributed by atoms with van der Waals surface area (Å²) < 4.78 is 41.0. The summed E-state index contributed by atoms with van der Waals surface area (Å²) in [7, 11) is 0. The van der Waals surface area contributed by atoms with E-state index in [0.29, 0.717) is 17.1 Å². The standard InChI is InChI=1S/C17H12F2N4O4S/c1-7-13-8(5-11-14(7)26-17(18,19)25-11)20-16(21-13)22-15(24)9-6-10(27-23-9)12-3-2-4-28-12/h2-7,14H,1H3,(H2,20,21,22,24). The molecule has 28 heavy (non-hydrogen) atoms. The monoisotopic (exact) mass is 406 g/mol. The van der Waals surface area contributed by atoms with E-state index < -0.39 is 24.2 Å². The Morgan fingerprint density at radius 2 is 2.29 bits per heavy atom. The van der Waals surface area contributed by atoms with Crippen LogP contribution >= 0.6 is 11.3 Å². The molecule has 3 aromatic heterocycles. The highest BCUT2D eigenvalue weighted by Crippen LogP contribution is 2.44. The normalized spacial score (nSPS) is 22.2. The highest BCUT2D eigenvalue weighted by atomic mass is 32.1. The molecule has 2 N–H and O–H groups in total. The van der Waals surface area contributed by atoms with Gasteiger partial charge in [-0.15, -0.1) is 20.1 Å². The number of ether oxygens (including phenoxy) is 2. The molecular weight excluding hydrogens is 394 g/mol. The van der Waals surface area contributed by atoms with Crippen LogP contribution in [0.1, 0.15) is 34.7 Å². The molecule has 11 heteroatoms. The van der Waals surface area contributed by atoms with Gasteiger partial charge in [0.2, 0.25) is 5.95 Å². The van der Waals surface area contributed by atoms with Gasteiger partial charge in [0.05, 0.1) is 10.6 Å². The van der Waals surface area contributed by atoms with Gasteiger partial charge in [-0.3, -0.25) is 14.8 Å². The molecule has 1 aliphatic heterocycles. The Kier molecular flexibility index (Phi) is 3.64. The lowest BCUT2D eigenvalue weighted by Gasteiger charge is -2.20. The van der Waals surface area contributed by atoms with Crippen LogP contribution in [0.5, 0.6) is 0 Å². The molecule has 3 aromatic rings. The van der Waals surface area contributed by atoms with Crippen molar-refractivity contribution < 1.29 is 27.6 Å². The van der Waals surface area contributed by atoms with Crippen molar-refractivity contribution in [1.82, 2.24) is 15.1 Å². The maximum absolute atomic E-state index is 13.3. The van der Waals surface area contributed by atoms with E-state index in [4.69, 9.17) is 4.52 Å². The van der Waals surface area contributed by atoms with Crippen LogP contribution in [0.2, 0.25) is 0 Å². The predicted molar refractivity (Wildman–Crippen MR) is 93.7 cm³/mol. The fraction of sp³-hybridized carbons (Fsp3) is 0.235. The van der Waals surface area contributed by atoms with Crippen LogP contribution in [0.25, 0.3) is 16.7 Å². The first kappa shape index (κ1) is 17.1. The zero-order valence-corrected chi connectivity index (χ0v) is 15.0. The van der Waals surface area contributed by atoms with Gasteiger partial charge in [-0.05, 0) is 11.4 Å². The molecule has 1 saturated heterocycles. The van der Waals surface area contributed by atoms with Crippen molar-refractivity contribution in [2.24, 2.45) is 0 Å². The fourth-order valence-electron chi connectivity index (χ4n) is 3.18. The molecule has 0 saturated carbocycles. The Bertz CT molecular complexity index is 1090. The van der Waals surface area contributed by atoms with Gasteiger partial charge in [-0.25, -0.2) is 4.98 Å². The molecule has 2 unspecified atom stereocenters. The van der Waals surface area contributed by atoms with E-state index in [1.165, 1.54) is 23.5 Å². The SMILES string of the molecule is CC1c2[nH]c(NC(=O)c3cc(-c4cccs4)on3)nc2C=C2OC(F)(F)OC21.